The van der Waals surface area contributed by atoms with Crippen LogP contribution in [0.1, 0.15) is 39.2 Å². The van der Waals surface area contributed by atoms with Gasteiger partial charge in [0.2, 0.25) is 0 Å². The second-order valence-corrected chi connectivity index (χ2v) is 7.24. The first-order chi connectivity index (χ1) is 12.5. The number of guanidine groups is 1. The molecule has 1 aliphatic heterocycles. The maximum absolute atomic E-state index is 10.9. The predicted molar refractivity (Wildman–Crippen MR) is 121 cm³/mol. The number of benzene rings is 1. The van der Waals surface area contributed by atoms with Gasteiger partial charge in [-0.25, -0.2) is 4.99 Å². The van der Waals surface area contributed by atoms with Gasteiger partial charge in [0.15, 0.2) is 5.96 Å². The number of rotatable bonds is 7. The van der Waals surface area contributed by atoms with Crippen molar-refractivity contribution in [2.24, 2.45) is 10.9 Å². The highest BCUT2D eigenvalue weighted by atomic mass is 127. The van der Waals surface area contributed by atoms with Crippen LogP contribution >= 0.6 is 24.0 Å². The molecule has 0 amide bonds. The summed E-state index contributed by atoms with van der Waals surface area (Å²) < 4.78 is 0. The SMILES string of the molecule is CCNC(=NCc1cccc([N+](=O)[O-])c1)NC1CCN(CC(C)C)CC1.I. The van der Waals surface area contributed by atoms with Crippen LogP contribution in [-0.4, -0.2) is 48.0 Å². The standard InChI is InChI=1S/C19H31N5O2.HI/c1-4-20-19(21-13-16-6-5-7-18(12-16)24(25)26)22-17-8-10-23(11-9-17)14-15(2)3;/h5-7,12,15,17H,4,8-11,13-14H2,1-3H3,(H2,20,21,22);1H. The van der Waals surface area contributed by atoms with E-state index in [0.717, 1.165) is 50.5 Å². The molecule has 152 valence electrons. The molecule has 0 saturated carbocycles. The third-order valence-corrected chi connectivity index (χ3v) is 4.44. The van der Waals surface area contributed by atoms with Gasteiger partial charge >= 0.3 is 0 Å². The van der Waals surface area contributed by atoms with Crippen LogP contribution < -0.4 is 10.6 Å². The molecule has 8 heteroatoms. The first kappa shape index (κ1) is 23.6. The number of halogens is 1. The minimum Gasteiger partial charge on any atom is -0.357 e. The predicted octanol–water partition coefficient (Wildman–Crippen LogP) is 3.39. The average Bonchev–Trinajstić information content (AvgIpc) is 2.61. The molecule has 1 aromatic rings. The number of non-ortho nitro benzene ring substituents is 1. The molecule has 0 bridgehead atoms. The zero-order chi connectivity index (χ0) is 18.9. The van der Waals surface area contributed by atoms with Crippen molar-refractivity contribution in [3.63, 3.8) is 0 Å². The third kappa shape index (κ3) is 8.42. The van der Waals surface area contributed by atoms with Crippen LogP contribution in [0, 0.1) is 16.0 Å². The van der Waals surface area contributed by atoms with E-state index >= 15 is 0 Å². The van der Waals surface area contributed by atoms with Crippen LogP contribution in [0.25, 0.3) is 0 Å². The highest BCUT2D eigenvalue weighted by Crippen LogP contribution is 2.14. The highest BCUT2D eigenvalue weighted by molar-refractivity contribution is 14.0. The molecule has 1 aliphatic rings. The van der Waals surface area contributed by atoms with Gasteiger partial charge in [-0.1, -0.05) is 26.0 Å². The number of piperidine rings is 1. The van der Waals surface area contributed by atoms with E-state index in [2.05, 4.69) is 34.4 Å². The number of nitro groups is 1. The van der Waals surface area contributed by atoms with E-state index in [1.807, 2.05) is 13.0 Å². The lowest BCUT2D eigenvalue weighted by Crippen LogP contribution is -2.49. The average molecular weight is 489 g/mol. The van der Waals surface area contributed by atoms with E-state index in [9.17, 15) is 10.1 Å². The van der Waals surface area contributed by atoms with E-state index < -0.39 is 0 Å². The summed E-state index contributed by atoms with van der Waals surface area (Å²) in [6.07, 6.45) is 2.21. The van der Waals surface area contributed by atoms with Gasteiger partial charge in [0, 0.05) is 44.4 Å². The van der Waals surface area contributed by atoms with Crippen LogP contribution in [0.15, 0.2) is 29.3 Å². The Kier molecular flexibility index (Phi) is 10.6. The van der Waals surface area contributed by atoms with Crippen molar-refractivity contribution in [1.29, 1.82) is 0 Å². The molecule has 0 radical (unpaired) electrons. The number of nitrogens with zero attached hydrogens (tertiary/aromatic N) is 3. The van der Waals surface area contributed by atoms with Crippen LogP contribution in [0.4, 0.5) is 5.69 Å². The molecule has 1 aromatic carbocycles. The number of nitro benzene ring substituents is 1. The highest BCUT2D eigenvalue weighted by Gasteiger charge is 2.20. The Morgan fingerprint density at radius 1 is 1.37 bits per heavy atom. The Labute approximate surface area is 179 Å². The molecular formula is C19H32IN5O2. The van der Waals surface area contributed by atoms with Gasteiger partial charge in [0.05, 0.1) is 11.5 Å². The van der Waals surface area contributed by atoms with Gasteiger partial charge in [-0.2, -0.15) is 0 Å². The zero-order valence-corrected chi connectivity index (χ0v) is 18.8. The van der Waals surface area contributed by atoms with Crippen molar-refractivity contribution in [2.45, 2.75) is 46.2 Å². The fraction of sp³-hybridized carbons (Fsp3) is 0.632. The molecule has 1 saturated heterocycles. The Morgan fingerprint density at radius 3 is 2.67 bits per heavy atom. The molecule has 0 unspecified atom stereocenters. The summed E-state index contributed by atoms with van der Waals surface area (Å²) in [5.74, 6) is 1.48. The molecule has 0 spiro atoms. The lowest BCUT2D eigenvalue weighted by atomic mass is 10.0. The summed E-state index contributed by atoms with van der Waals surface area (Å²) in [6.45, 7) is 11.1. The first-order valence-electron chi connectivity index (χ1n) is 9.48. The number of hydrogen-bond donors (Lipinski definition) is 2. The van der Waals surface area contributed by atoms with Crippen molar-refractivity contribution >= 4 is 35.6 Å². The summed E-state index contributed by atoms with van der Waals surface area (Å²) >= 11 is 0. The van der Waals surface area contributed by atoms with Crippen LogP contribution in [0.3, 0.4) is 0 Å². The van der Waals surface area contributed by atoms with Crippen molar-refractivity contribution in [1.82, 2.24) is 15.5 Å². The molecule has 1 heterocycles. The maximum atomic E-state index is 10.9. The Bertz CT molecular complexity index is 616. The summed E-state index contributed by atoms with van der Waals surface area (Å²) in [5, 5.41) is 17.7. The lowest BCUT2D eigenvalue weighted by molar-refractivity contribution is -0.384. The number of likely N-dealkylation sites (tertiary alicyclic amines) is 1. The van der Waals surface area contributed by atoms with Crippen LogP contribution in [0.2, 0.25) is 0 Å². The molecule has 27 heavy (non-hydrogen) atoms. The van der Waals surface area contributed by atoms with Gasteiger partial charge < -0.3 is 15.5 Å². The van der Waals surface area contributed by atoms with Crippen molar-refractivity contribution in [2.75, 3.05) is 26.2 Å². The molecule has 2 N–H and O–H groups in total. The molecular weight excluding hydrogens is 457 g/mol. The van der Waals surface area contributed by atoms with E-state index in [4.69, 9.17) is 0 Å². The van der Waals surface area contributed by atoms with E-state index in [0.29, 0.717) is 18.5 Å². The Morgan fingerprint density at radius 2 is 2.07 bits per heavy atom. The molecule has 0 aliphatic carbocycles. The summed E-state index contributed by atoms with van der Waals surface area (Å²) in [4.78, 5) is 17.6. The number of hydrogen-bond acceptors (Lipinski definition) is 4. The maximum Gasteiger partial charge on any atom is 0.269 e. The first-order valence-corrected chi connectivity index (χ1v) is 9.48. The Balaban J connectivity index is 0.00000364. The normalized spacial score (nSPS) is 16.1. The molecule has 1 fully saturated rings. The van der Waals surface area contributed by atoms with Crippen molar-refractivity contribution in [3.05, 3.63) is 39.9 Å². The second kappa shape index (κ2) is 12.1. The summed E-state index contributed by atoms with van der Waals surface area (Å²) in [7, 11) is 0. The van der Waals surface area contributed by atoms with Gasteiger partial charge in [0.25, 0.3) is 5.69 Å². The van der Waals surface area contributed by atoms with Crippen molar-refractivity contribution < 1.29 is 4.92 Å². The summed E-state index contributed by atoms with van der Waals surface area (Å²) in [6, 6.07) is 7.07. The molecule has 2 rings (SSSR count). The molecule has 0 atom stereocenters. The van der Waals surface area contributed by atoms with Crippen LogP contribution in [0.5, 0.6) is 0 Å². The largest absolute Gasteiger partial charge is 0.357 e. The number of nitrogens with one attached hydrogen (secondary N) is 2. The monoisotopic (exact) mass is 489 g/mol. The minimum absolute atomic E-state index is 0. The van der Waals surface area contributed by atoms with Gasteiger partial charge in [-0.15, -0.1) is 24.0 Å². The quantitative estimate of drug-likeness (QED) is 0.202. The lowest BCUT2D eigenvalue weighted by Gasteiger charge is -2.34. The van der Waals surface area contributed by atoms with Crippen LogP contribution in [-0.2, 0) is 6.54 Å². The number of aliphatic imine (C=N–C) groups is 1. The fourth-order valence-electron chi connectivity index (χ4n) is 3.23. The molecule has 7 nitrogen and oxygen atoms in total. The van der Waals surface area contributed by atoms with Crippen molar-refractivity contribution in [3.8, 4) is 0 Å². The minimum atomic E-state index is -0.373. The zero-order valence-electron chi connectivity index (χ0n) is 16.5. The van der Waals surface area contributed by atoms with E-state index in [1.165, 1.54) is 6.07 Å². The van der Waals surface area contributed by atoms with E-state index in [-0.39, 0.29) is 34.6 Å². The fourth-order valence-corrected chi connectivity index (χ4v) is 3.23. The van der Waals surface area contributed by atoms with Gasteiger partial charge in [-0.3, -0.25) is 10.1 Å². The Hall–Kier alpha value is -1.42. The molecule has 0 aromatic heterocycles. The van der Waals surface area contributed by atoms with Gasteiger partial charge in [0.1, 0.15) is 0 Å². The third-order valence-electron chi connectivity index (χ3n) is 4.44. The van der Waals surface area contributed by atoms with E-state index in [1.54, 1.807) is 12.1 Å². The smallest absolute Gasteiger partial charge is 0.269 e. The van der Waals surface area contributed by atoms with Gasteiger partial charge in [-0.05, 0) is 31.2 Å². The summed E-state index contributed by atoms with van der Waals surface area (Å²) in [5.41, 5.74) is 0.941. The topological polar surface area (TPSA) is 82.8 Å². The second-order valence-electron chi connectivity index (χ2n) is 7.24.